The lowest BCUT2D eigenvalue weighted by molar-refractivity contribution is 0.715. The lowest BCUT2D eigenvalue weighted by atomic mass is 10.00. The molecule has 0 aliphatic heterocycles. The van der Waals surface area contributed by atoms with Crippen LogP contribution in [0.3, 0.4) is 0 Å². The number of halogens is 1. The summed E-state index contributed by atoms with van der Waals surface area (Å²) in [5.41, 5.74) is 1.42. The van der Waals surface area contributed by atoms with Crippen molar-refractivity contribution in [3.05, 3.63) is 48.0 Å². The molecule has 2 aromatic carbocycles. The highest BCUT2D eigenvalue weighted by Crippen LogP contribution is 2.33. The van der Waals surface area contributed by atoms with Crippen molar-refractivity contribution in [2.75, 3.05) is 0 Å². The fourth-order valence-corrected chi connectivity index (χ4v) is 2.79. The highest BCUT2D eigenvalue weighted by atomic mass is 79.9. The second kappa shape index (κ2) is 5.49. The van der Waals surface area contributed by atoms with Crippen LogP contribution in [0.2, 0.25) is 0 Å². The second-order valence-electron chi connectivity index (χ2n) is 4.18. The third-order valence-electron chi connectivity index (χ3n) is 2.97. The summed E-state index contributed by atoms with van der Waals surface area (Å²) in [6.45, 7) is 2.24. The molecule has 0 nitrogen and oxygen atoms in total. The zero-order valence-electron chi connectivity index (χ0n) is 9.62. The van der Waals surface area contributed by atoms with Crippen molar-refractivity contribution < 1.29 is 0 Å². The van der Waals surface area contributed by atoms with E-state index >= 15 is 0 Å². The summed E-state index contributed by atoms with van der Waals surface area (Å²) in [5, 5.41) is 2.71. The van der Waals surface area contributed by atoms with Gasteiger partial charge in [0.05, 0.1) is 0 Å². The van der Waals surface area contributed by atoms with Gasteiger partial charge in [-0.25, -0.2) is 0 Å². The Hall–Kier alpha value is -0.820. The zero-order valence-corrected chi connectivity index (χ0v) is 11.2. The minimum Gasteiger partial charge on any atom is -0.0839 e. The summed E-state index contributed by atoms with van der Waals surface area (Å²) >= 11 is 3.81. The van der Waals surface area contributed by atoms with E-state index < -0.39 is 0 Å². The molecule has 0 aliphatic rings. The molecule has 2 aromatic rings. The molecule has 2 rings (SSSR count). The molecule has 0 aliphatic carbocycles. The molecule has 1 atom stereocenters. The number of benzene rings is 2. The molecular formula is C15H17Br. The summed E-state index contributed by atoms with van der Waals surface area (Å²) in [7, 11) is 0. The molecule has 0 heterocycles. The summed E-state index contributed by atoms with van der Waals surface area (Å²) in [4.78, 5) is 0.485. The van der Waals surface area contributed by atoms with Gasteiger partial charge in [0.25, 0.3) is 0 Å². The monoisotopic (exact) mass is 276 g/mol. The number of rotatable bonds is 4. The van der Waals surface area contributed by atoms with Gasteiger partial charge in [-0.15, -0.1) is 0 Å². The zero-order chi connectivity index (χ0) is 11.4. The average molecular weight is 277 g/mol. The maximum Gasteiger partial charge on any atom is 0.0401 e. The molecule has 16 heavy (non-hydrogen) atoms. The fraction of sp³-hybridized carbons (Fsp3) is 0.333. The van der Waals surface area contributed by atoms with Crippen molar-refractivity contribution in [3.8, 4) is 0 Å². The summed E-state index contributed by atoms with van der Waals surface area (Å²) in [6, 6.07) is 15.2. The molecule has 0 aromatic heterocycles. The number of hydrogen-bond acceptors (Lipinski definition) is 0. The van der Waals surface area contributed by atoms with Crippen LogP contribution < -0.4 is 0 Å². The normalized spacial score (nSPS) is 12.9. The molecule has 1 heteroatoms. The third kappa shape index (κ3) is 2.46. The van der Waals surface area contributed by atoms with Crippen LogP contribution in [-0.2, 0) is 0 Å². The lowest BCUT2D eigenvalue weighted by Gasteiger charge is -2.12. The first-order valence-electron chi connectivity index (χ1n) is 5.94. The van der Waals surface area contributed by atoms with E-state index in [4.69, 9.17) is 0 Å². The lowest BCUT2D eigenvalue weighted by Crippen LogP contribution is -1.91. The van der Waals surface area contributed by atoms with Gasteiger partial charge in [-0.3, -0.25) is 0 Å². The topological polar surface area (TPSA) is 0 Å². The van der Waals surface area contributed by atoms with E-state index in [1.807, 2.05) is 0 Å². The van der Waals surface area contributed by atoms with Crippen molar-refractivity contribution in [2.24, 2.45) is 0 Å². The highest BCUT2D eigenvalue weighted by molar-refractivity contribution is 9.09. The maximum atomic E-state index is 3.81. The van der Waals surface area contributed by atoms with E-state index in [1.54, 1.807) is 0 Å². The van der Waals surface area contributed by atoms with Crippen LogP contribution in [0.15, 0.2) is 42.5 Å². The molecule has 0 bridgehead atoms. The van der Waals surface area contributed by atoms with Crippen LogP contribution in [0.4, 0.5) is 0 Å². The number of alkyl halides is 1. The summed E-state index contributed by atoms with van der Waals surface area (Å²) < 4.78 is 0. The standard InChI is InChI=1S/C15H17Br/c1-2-3-11-15(16)14-10-6-8-12-7-4-5-9-13(12)14/h4-10,15H,2-3,11H2,1H3. The van der Waals surface area contributed by atoms with E-state index in [-0.39, 0.29) is 0 Å². The number of fused-ring (bicyclic) bond motifs is 1. The van der Waals surface area contributed by atoms with Crippen LogP contribution in [0.1, 0.15) is 36.6 Å². The van der Waals surface area contributed by atoms with Gasteiger partial charge in [0, 0.05) is 4.83 Å². The van der Waals surface area contributed by atoms with Crippen LogP contribution in [0, 0.1) is 0 Å². The Kier molecular flexibility index (Phi) is 4.00. The third-order valence-corrected chi connectivity index (χ3v) is 3.92. The van der Waals surface area contributed by atoms with Crippen molar-refractivity contribution >= 4 is 26.7 Å². The van der Waals surface area contributed by atoms with Crippen molar-refractivity contribution in [2.45, 2.75) is 31.0 Å². The van der Waals surface area contributed by atoms with Crippen molar-refractivity contribution in [3.63, 3.8) is 0 Å². The Labute approximate surface area is 106 Å². The average Bonchev–Trinajstić information content (AvgIpc) is 2.35. The second-order valence-corrected chi connectivity index (χ2v) is 5.28. The maximum absolute atomic E-state index is 3.81. The van der Waals surface area contributed by atoms with Crippen molar-refractivity contribution in [1.82, 2.24) is 0 Å². The predicted molar refractivity (Wildman–Crippen MR) is 75.1 cm³/mol. The molecular weight excluding hydrogens is 260 g/mol. The highest BCUT2D eigenvalue weighted by Gasteiger charge is 2.09. The van der Waals surface area contributed by atoms with Crippen LogP contribution in [-0.4, -0.2) is 0 Å². The van der Waals surface area contributed by atoms with Crippen LogP contribution >= 0.6 is 15.9 Å². The molecule has 0 fully saturated rings. The van der Waals surface area contributed by atoms with Crippen LogP contribution in [0.5, 0.6) is 0 Å². The Balaban J connectivity index is 2.36. The van der Waals surface area contributed by atoms with Gasteiger partial charge in [-0.1, -0.05) is 78.2 Å². The first-order chi connectivity index (χ1) is 7.83. The Bertz CT molecular complexity index is 456. The number of unbranched alkanes of at least 4 members (excludes halogenated alkanes) is 1. The van der Waals surface area contributed by atoms with Gasteiger partial charge >= 0.3 is 0 Å². The van der Waals surface area contributed by atoms with E-state index in [0.717, 1.165) is 0 Å². The molecule has 0 N–H and O–H groups in total. The van der Waals surface area contributed by atoms with Gasteiger partial charge in [0.1, 0.15) is 0 Å². The van der Waals surface area contributed by atoms with E-state index in [2.05, 4.69) is 65.3 Å². The minimum atomic E-state index is 0.485. The first-order valence-corrected chi connectivity index (χ1v) is 6.86. The van der Waals surface area contributed by atoms with E-state index in [1.165, 1.54) is 35.6 Å². The molecule has 0 spiro atoms. The summed E-state index contributed by atoms with van der Waals surface area (Å²) in [5.74, 6) is 0. The molecule has 0 radical (unpaired) electrons. The molecule has 1 unspecified atom stereocenters. The van der Waals surface area contributed by atoms with Crippen molar-refractivity contribution in [1.29, 1.82) is 0 Å². The van der Waals surface area contributed by atoms with E-state index in [9.17, 15) is 0 Å². The Morgan fingerprint density at radius 3 is 2.62 bits per heavy atom. The van der Waals surface area contributed by atoms with Gasteiger partial charge < -0.3 is 0 Å². The molecule has 84 valence electrons. The Morgan fingerprint density at radius 2 is 1.81 bits per heavy atom. The van der Waals surface area contributed by atoms with Crippen LogP contribution in [0.25, 0.3) is 10.8 Å². The largest absolute Gasteiger partial charge is 0.0839 e. The van der Waals surface area contributed by atoms with E-state index in [0.29, 0.717) is 4.83 Å². The Morgan fingerprint density at radius 1 is 1.06 bits per heavy atom. The van der Waals surface area contributed by atoms with Gasteiger partial charge in [-0.2, -0.15) is 0 Å². The predicted octanol–water partition coefficient (Wildman–Crippen LogP) is 5.47. The molecule has 0 amide bonds. The fourth-order valence-electron chi connectivity index (χ4n) is 2.06. The van der Waals surface area contributed by atoms with Gasteiger partial charge in [0.2, 0.25) is 0 Å². The summed E-state index contributed by atoms with van der Waals surface area (Å²) in [6.07, 6.45) is 3.75. The van der Waals surface area contributed by atoms with Gasteiger partial charge in [0.15, 0.2) is 0 Å². The SMILES string of the molecule is CCCCC(Br)c1cccc2ccccc12. The molecule has 0 saturated heterocycles. The molecule has 0 saturated carbocycles. The minimum absolute atomic E-state index is 0.485. The quantitative estimate of drug-likeness (QED) is 0.650. The van der Waals surface area contributed by atoms with Gasteiger partial charge in [-0.05, 0) is 22.8 Å². The number of hydrogen-bond donors (Lipinski definition) is 0. The first kappa shape index (κ1) is 11.7. The smallest absolute Gasteiger partial charge is 0.0401 e.